The van der Waals surface area contributed by atoms with E-state index in [1.165, 1.54) is 23.2 Å². The summed E-state index contributed by atoms with van der Waals surface area (Å²) in [5, 5.41) is 8.41. The first kappa shape index (κ1) is 18.0. The van der Waals surface area contributed by atoms with E-state index in [1.807, 2.05) is 25.6 Å². The summed E-state index contributed by atoms with van der Waals surface area (Å²) in [4.78, 5) is 4.42. The molecule has 1 aliphatic rings. The summed E-state index contributed by atoms with van der Waals surface area (Å²) >= 11 is 0. The lowest BCUT2D eigenvalue weighted by Gasteiger charge is -2.24. The zero-order chi connectivity index (χ0) is 19.0. The van der Waals surface area contributed by atoms with Crippen molar-refractivity contribution in [2.75, 3.05) is 0 Å². The summed E-state index contributed by atoms with van der Waals surface area (Å²) in [7, 11) is 2.04. The van der Waals surface area contributed by atoms with E-state index in [2.05, 4.69) is 64.6 Å². The number of rotatable bonds is 4. The van der Waals surface area contributed by atoms with Gasteiger partial charge in [-0.15, -0.1) is 0 Å². The molecular formula is C22H29N5. The van der Waals surface area contributed by atoms with Crippen molar-refractivity contribution in [1.82, 2.24) is 24.6 Å². The Kier molecular flexibility index (Phi) is 4.64. The molecule has 0 amide bonds. The van der Waals surface area contributed by atoms with Gasteiger partial charge >= 0.3 is 0 Å². The molecule has 27 heavy (non-hydrogen) atoms. The number of nitrogens with one attached hydrogen (secondary N) is 1. The largest absolute Gasteiger partial charge is 0.337 e. The second kappa shape index (κ2) is 6.97. The van der Waals surface area contributed by atoms with Crippen LogP contribution in [0.1, 0.15) is 62.3 Å². The monoisotopic (exact) mass is 363 g/mol. The van der Waals surface area contributed by atoms with Crippen molar-refractivity contribution >= 4 is 0 Å². The molecule has 2 heterocycles. The second-order valence-corrected chi connectivity index (χ2v) is 8.54. The standard InChI is InChI=1S/C22H29N5/c1-22(2,3)16-8-10-17(11-9-16)27-20-7-5-6-19(18(20)14-25-27)24-15-21-23-12-13-26(21)4/h8-14,19,24H,5-7,15H2,1-4H3/t19-/m0/s1. The molecule has 1 N–H and O–H groups in total. The Morgan fingerprint density at radius 3 is 2.63 bits per heavy atom. The number of hydrogen-bond acceptors (Lipinski definition) is 3. The Morgan fingerprint density at radius 1 is 1.19 bits per heavy atom. The van der Waals surface area contributed by atoms with Crippen molar-refractivity contribution in [3.8, 4) is 5.69 Å². The Hall–Kier alpha value is -2.40. The van der Waals surface area contributed by atoms with Crippen molar-refractivity contribution < 1.29 is 0 Å². The molecule has 0 radical (unpaired) electrons. The number of hydrogen-bond donors (Lipinski definition) is 1. The maximum Gasteiger partial charge on any atom is 0.122 e. The van der Waals surface area contributed by atoms with E-state index in [1.54, 1.807) is 0 Å². The van der Waals surface area contributed by atoms with Gasteiger partial charge in [0.2, 0.25) is 0 Å². The minimum Gasteiger partial charge on any atom is -0.337 e. The van der Waals surface area contributed by atoms with Crippen molar-refractivity contribution in [2.24, 2.45) is 7.05 Å². The van der Waals surface area contributed by atoms with Gasteiger partial charge in [-0.3, -0.25) is 0 Å². The second-order valence-electron chi connectivity index (χ2n) is 8.54. The van der Waals surface area contributed by atoms with Crippen LogP contribution in [0.25, 0.3) is 5.69 Å². The van der Waals surface area contributed by atoms with Gasteiger partial charge in [0.25, 0.3) is 0 Å². The van der Waals surface area contributed by atoms with Crippen LogP contribution in [0.15, 0.2) is 42.9 Å². The lowest BCUT2D eigenvalue weighted by molar-refractivity contribution is 0.445. The SMILES string of the molecule is Cn1ccnc1CN[C@H]1CCCc2c1cnn2-c1ccc(C(C)(C)C)cc1. The zero-order valence-electron chi connectivity index (χ0n) is 16.7. The highest BCUT2D eigenvalue weighted by Crippen LogP contribution is 2.32. The molecule has 0 aliphatic heterocycles. The number of imidazole rings is 1. The van der Waals surface area contributed by atoms with E-state index in [9.17, 15) is 0 Å². The summed E-state index contributed by atoms with van der Waals surface area (Å²) in [6.07, 6.45) is 9.29. The van der Waals surface area contributed by atoms with Gasteiger partial charge in [0.05, 0.1) is 18.4 Å². The van der Waals surface area contributed by atoms with E-state index in [4.69, 9.17) is 5.10 Å². The van der Waals surface area contributed by atoms with Crippen molar-refractivity contribution in [3.05, 3.63) is 65.5 Å². The smallest absolute Gasteiger partial charge is 0.122 e. The quantitative estimate of drug-likeness (QED) is 0.760. The number of nitrogens with zero attached hydrogens (tertiary/aromatic N) is 4. The highest BCUT2D eigenvalue weighted by atomic mass is 15.3. The summed E-state index contributed by atoms with van der Waals surface area (Å²) in [6, 6.07) is 9.18. The van der Waals surface area contributed by atoms with Gasteiger partial charge in [0.15, 0.2) is 0 Å². The predicted molar refractivity (Wildman–Crippen MR) is 108 cm³/mol. The molecule has 1 aliphatic carbocycles. The third-order valence-corrected chi connectivity index (χ3v) is 5.59. The molecule has 0 saturated heterocycles. The molecule has 0 unspecified atom stereocenters. The molecule has 1 aromatic carbocycles. The molecule has 5 nitrogen and oxygen atoms in total. The van der Waals surface area contributed by atoms with E-state index < -0.39 is 0 Å². The first-order valence-corrected chi connectivity index (χ1v) is 9.81. The first-order chi connectivity index (χ1) is 12.9. The number of aryl methyl sites for hydroxylation is 1. The summed E-state index contributed by atoms with van der Waals surface area (Å²) in [6.45, 7) is 7.51. The predicted octanol–water partition coefficient (Wildman–Crippen LogP) is 4.07. The van der Waals surface area contributed by atoms with Gasteiger partial charge in [-0.2, -0.15) is 5.10 Å². The fraction of sp³-hybridized carbons (Fsp3) is 0.455. The van der Waals surface area contributed by atoms with Crippen LogP contribution in [0.3, 0.4) is 0 Å². The Balaban J connectivity index is 1.56. The van der Waals surface area contributed by atoms with Crippen molar-refractivity contribution in [2.45, 2.75) is 58.0 Å². The lowest BCUT2D eigenvalue weighted by atomic mass is 9.87. The maximum absolute atomic E-state index is 4.73. The molecule has 0 bridgehead atoms. The van der Waals surface area contributed by atoms with Gasteiger partial charge in [-0.1, -0.05) is 32.9 Å². The van der Waals surface area contributed by atoms with Crippen LogP contribution < -0.4 is 5.32 Å². The summed E-state index contributed by atoms with van der Waals surface area (Å²) < 4.78 is 4.19. The van der Waals surface area contributed by atoms with Crippen LogP contribution >= 0.6 is 0 Å². The molecule has 0 fully saturated rings. The molecule has 4 rings (SSSR count). The Morgan fingerprint density at radius 2 is 1.96 bits per heavy atom. The molecule has 3 aromatic rings. The molecule has 5 heteroatoms. The minimum absolute atomic E-state index is 0.169. The fourth-order valence-corrected chi connectivity index (χ4v) is 3.88. The molecule has 142 valence electrons. The average Bonchev–Trinajstić information content (AvgIpc) is 3.25. The van der Waals surface area contributed by atoms with Crippen LogP contribution in [-0.2, 0) is 25.4 Å². The topological polar surface area (TPSA) is 47.7 Å². The van der Waals surface area contributed by atoms with E-state index in [-0.39, 0.29) is 5.41 Å². The number of aromatic nitrogens is 4. The molecule has 2 aromatic heterocycles. The van der Waals surface area contributed by atoms with Crippen LogP contribution in [0, 0.1) is 0 Å². The number of fused-ring (bicyclic) bond motifs is 1. The van der Waals surface area contributed by atoms with Crippen LogP contribution in [-0.4, -0.2) is 19.3 Å². The van der Waals surface area contributed by atoms with Gasteiger partial charge in [-0.25, -0.2) is 9.67 Å². The average molecular weight is 364 g/mol. The fourth-order valence-electron chi connectivity index (χ4n) is 3.88. The summed E-state index contributed by atoms with van der Waals surface area (Å²) in [5.41, 5.74) is 5.33. The van der Waals surface area contributed by atoms with E-state index in [0.717, 1.165) is 30.9 Å². The molecule has 0 spiro atoms. The third-order valence-electron chi connectivity index (χ3n) is 5.59. The molecule has 1 atom stereocenters. The lowest BCUT2D eigenvalue weighted by Crippen LogP contribution is -2.26. The Bertz CT molecular complexity index is 911. The van der Waals surface area contributed by atoms with Crippen molar-refractivity contribution in [1.29, 1.82) is 0 Å². The maximum atomic E-state index is 4.73. The number of benzene rings is 1. The minimum atomic E-state index is 0.169. The van der Waals surface area contributed by atoms with Gasteiger partial charge in [-0.05, 0) is 42.4 Å². The zero-order valence-corrected chi connectivity index (χ0v) is 16.7. The van der Waals surface area contributed by atoms with Crippen LogP contribution in [0.5, 0.6) is 0 Å². The van der Waals surface area contributed by atoms with E-state index >= 15 is 0 Å². The van der Waals surface area contributed by atoms with E-state index in [0.29, 0.717) is 6.04 Å². The molecule has 0 saturated carbocycles. The van der Waals surface area contributed by atoms with Gasteiger partial charge in [0.1, 0.15) is 5.82 Å². The van der Waals surface area contributed by atoms with Gasteiger partial charge in [0, 0.05) is 36.7 Å². The molecular weight excluding hydrogens is 334 g/mol. The summed E-state index contributed by atoms with van der Waals surface area (Å²) in [5.74, 6) is 1.06. The van der Waals surface area contributed by atoms with Crippen LogP contribution in [0.2, 0.25) is 0 Å². The van der Waals surface area contributed by atoms with Crippen molar-refractivity contribution in [3.63, 3.8) is 0 Å². The third kappa shape index (κ3) is 3.56. The highest BCUT2D eigenvalue weighted by Gasteiger charge is 2.25. The van der Waals surface area contributed by atoms with Crippen LogP contribution in [0.4, 0.5) is 0 Å². The normalized spacial score (nSPS) is 17.1. The highest BCUT2D eigenvalue weighted by molar-refractivity contribution is 5.40. The van der Waals surface area contributed by atoms with Gasteiger partial charge < -0.3 is 9.88 Å². The Labute approximate surface area is 161 Å². The first-order valence-electron chi connectivity index (χ1n) is 9.81.